The van der Waals surface area contributed by atoms with Gasteiger partial charge in [-0.2, -0.15) is 0 Å². The number of ether oxygens (including phenoxy) is 1. The van der Waals surface area contributed by atoms with E-state index in [1.54, 1.807) is 7.11 Å². The Morgan fingerprint density at radius 3 is 3.05 bits per heavy atom. The molecule has 1 aromatic heterocycles. The topological polar surface area (TPSA) is 63.4 Å². The van der Waals surface area contributed by atoms with Gasteiger partial charge in [-0.05, 0) is 25.3 Å². The second-order valence-electron chi connectivity index (χ2n) is 5.14. The Morgan fingerprint density at radius 1 is 1.47 bits per heavy atom. The summed E-state index contributed by atoms with van der Waals surface area (Å²) in [4.78, 5) is 2.12. The molecule has 0 amide bonds. The lowest BCUT2D eigenvalue weighted by Gasteiger charge is -2.34. The van der Waals surface area contributed by atoms with Crippen LogP contribution in [0.15, 0.2) is 4.42 Å². The van der Waals surface area contributed by atoms with E-state index in [2.05, 4.69) is 34.3 Å². The molecule has 2 rings (SSSR count). The minimum Gasteiger partial charge on any atom is -0.407 e. The first-order valence-electron chi connectivity index (χ1n) is 7.05. The molecule has 0 spiro atoms. The van der Waals surface area contributed by atoms with Gasteiger partial charge in [-0.1, -0.05) is 18.9 Å². The number of nitrogens with one attached hydrogen (secondary N) is 1. The van der Waals surface area contributed by atoms with E-state index in [0.717, 1.165) is 32.5 Å². The Kier molecular flexibility index (Phi) is 5.15. The zero-order valence-corrected chi connectivity index (χ0v) is 12.1. The number of rotatable bonds is 6. The standard InChI is InChI=1S/C13H24N4O2/c1-4-6-14-8-12-15-16-13(19-12)17-7-5-10(2)11(9-17)18-3/h10-11,14H,4-9H2,1-3H3. The molecular weight excluding hydrogens is 244 g/mol. The van der Waals surface area contributed by atoms with E-state index in [9.17, 15) is 0 Å². The maximum absolute atomic E-state index is 5.68. The summed E-state index contributed by atoms with van der Waals surface area (Å²) >= 11 is 0. The molecule has 2 atom stereocenters. The van der Waals surface area contributed by atoms with Crippen molar-refractivity contribution in [2.24, 2.45) is 5.92 Å². The van der Waals surface area contributed by atoms with Crippen LogP contribution < -0.4 is 10.2 Å². The first kappa shape index (κ1) is 14.3. The van der Waals surface area contributed by atoms with Crippen molar-refractivity contribution in [1.29, 1.82) is 0 Å². The minimum atomic E-state index is 0.238. The van der Waals surface area contributed by atoms with Crippen LogP contribution in [0.4, 0.5) is 6.01 Å². The summed E-state index contributed by atoms with van der Waals surface area (Å²) in [5, 5.41) is 11.5. The molecule has 108 valence electrons. The van der Waals surface area contributed by atoms with Gasteiger partial charge in [0.15, 0.2) is 0 Å². The third-order valence-corrected chi connectivity index (χ3v) is 3.62. The molecule has 1 aliphatic heterocycles. The van der Waals surface area contributed by atoms with Crippen LogP contribution in [-0.2, 0) is 11.3 Å². The van der Waals surface area contributed by atoms with Crippen molar-refractivity contribution in [2.45, 2.75) is 39.3 Å². The maximum atomic E-state index is 5.68. The zero-order chi connectivity index (χ0) is 13.7. The zero-order valence-electron chi connectivity index (χ0n) is 12.1. The summed E-state index contributed by atoms with van der Waals surface area (Å²) < 4.78 is 11.2. The maximum Gasteiger partial charge on any atom is 0.318 e. The molecule has 0 bridgehead atoms. The van der Waals surface area contributed by atoms with Gasteiger partial charge in [-0.3, -0.25) is 0 Å². The van der Waals surface area contributed by atoms with Gasteiger partial charge in [-0.25, -0.2) is 0 Å². The van der Waals surface area contributed by atoms with Gasteiger partial charge in [0.1, 0.15) is 0 Å². The fourth-order valence-corrected chi connectivity index (χ4v) is 2.33. The van der Waals surface area contributed by atoms with Crippen molar-refractivity contribution >= 4 is 6.01 Å². The fourth-order valence-electron chi connectivity index (χ4n) is 2.33. The lowest BCUT2D eigenvalue weighted by molar-refractivity contribution is 0.0485. The first-order valence-corrected chi connectivity index (χ1v) is 7.05. The Bertz CT molecular complexity index is 382. The largest absolute Gasteiger partial charge is 0.407 e. The molecule has 0 aromatic carbocycles. The molecule has 1 N–H and O–H groups in total. The Labute approximate surface area is 114 Å². The number of nitrogens with zero attached hydrogens (tertiary/aromatic N) is 3. The third-order valence-electron chi connectivity index (χ3n) is 3.62. The molecule has 6 heteroatoms. The molecule has 0 aliphatic carbocycles. The summed E-state index contributed by atoms with van der Waals surface area (Å²) in [7, 11) is 1.76. The summed E-state index contributed by atoms with van der Waals surface area (Å²) in [5.74, 6) is 1.23. The van der Waals surface area contributed by atoms with Gasteiger partial charge < -0.3 is 19.4 Å². The van der Waals surface area contributed by atoms with Crippen LogP contribution in [0.1, 0.15) is 32.6 Å². The van der Waals surface area contributed by atoms with Crippen molar-refractivity contribution in [3.63, 3.8) is 0 Å². The predicted octanol–water partition coefficient (Wildman–Crippen LogP) is 1.43. The molecule has 1 aliphatic rings. The van der Waals surface area contributed by atoms with Crippen LogP contribution in [0, 0.1) is 5.92 Å². The lowest BCUT2D eigenvalue weighted by Crippen LogP contribution is -2.44. The highest BCUT2D eigenvalue weighted by Gasteiger charge is 2.28. The summed E-state index contributed by atoms with van der Waals surface area (Å²) in [6, 6.07) is 0.613. The molecule has 1 aromatic rings. The molecule has 0 saturated carbocycles. The van der Waals surface area contributed by atoms with Crippen LogP contribution in [0.3, 0.4) is 0 Å². The van der Waals surface area contributed by atoms with Crippen molar-refractivity contribution in [3.05, 3.63) is 5.89 Å². The summed E-state index contributed by atoms with van der Waals surface area (Å²) in [6.45, 7) is 7.72. The van der Waals surface area contributed by atoms with E-state index >= 15 is 0 Å². The average molecular weight is 268 g/mol. The van der Waals surface area contributed by atoms with Crippen LogP contribution in [0.5, 0.6) is 0 Å². The van der Waals surface area contributed by atoms with Crippen molar-refractivity contribution < 1.29 is 9.15 Å². The highest BCUT2D eigenvalue weighted by Crippen LogP contribution is 2.23. The van der Waals surface area contributed by atoms with Gasteiger partial charge in [0, 0.05) is 20.2 Å². The predicted molar refractivity (Wildman–Crippen MR) is 73.1 cm³/mol. The van der Waals surface area contributed by atoms with Crippen LogP contribution in [0.2, 0.25) is 0 Å². The van der Waals surface area contributed by atoms with E-state index in [-0.39, 0.29) is 6.10 Å². The highest BCUT2D eigenvalue weighted by atomic mass is 16.5. The second-order valence-corrected chi connectivity index (χ2v) is 5.14. The monoisotopic (exact) mass is 268 g/mol. The Morgan fingerprint density at radius 2 is 2.32 bits per heavy atom. The van der Waals surface area contributed by atoms with Gasteiger partial charge in [-0.15, -0.1) is 5.10 Å². The van der Waals surface area contributed by atoms with Gasteiger partial charge in [0.05, 0.1) is 12.6 Å². The van der Waals surface area contributed by atoms with E-state index < -0.39 is 0 Å². The Balaban J connectivity index is 1.91. The Hall–Kier alpha value is -1.14. The van der Waals surface area contributed by atoms with Gasteiger partial charge in [0.25, 0.3) is 0 Å². The normalized spacial score (nSPS) is 23.8. The molecular formula is C13H24N4O2. The van der Waals surface area contributed by atoms with Crippen LogP contribution in [0.25, 0.3) is 0 Å². The average Bonchev–Trinajstić information content (AvgIpc) is 2.88. The number of aromatic nitrogens is 2. The van der Waals surface area contributed by atoms with E-state index in [4.69, 9.17) is 9.15 Å². The van der Waals surface area contributed by atoms with Crippen molar-refractivity contribution in [2.75, 3.05) is 31.6 Å². The number of anilines is 1. The quantitative estimate of drug-likeness (QED) is 0.787. The molecule has 19 heavy (non-hydrogen) atoms. The fraction of sp³-hybridized carbons (Fsp3) is 0.846. The second kappa shape index (κ2) is 6.86. The number of methoxy groups -OCH3 is 1. The van der Waals surface area contributed by atoms with Crippen molar-refractivity contribution in [3.8, 4) is 0 Å². The number of piperidine rings is 1. The highest BCUT2D eigenvalue weighted by molar-refractivity contribution is 5.25. The van der Waals surface area contributed by atoms with E-state index in [1.807, 2.05) is 0 Å². The molecule has 2 heterocycles. The van der Waals surface area contributed by atoms with E-state index in [0.29, 0.717) is 24.4 Å². The van der Waals surface area contributed by atoms with Crippen molar-refractivity contribution in [1.82, 2.24) is 15.5 Å². The lowest BCUT2D eigenvalue weighted by atomic mass is 9.96. The molecule has 0 radical (unpaired) electrons. The van der Waals surface area contributed by atoms with Gasteiger partial charge >= 0.3 is 6.01 Å². The SMILES string of the molecule is CCCNCc1nnc(N2CCC(C)C(OC)C2)o1. The summed E-state index contributed by atoms with van der Waals surface area (Å²) in [6.07, 6.45) is 2.42. The molecule has 2 unspecified atom stereocenters. The van der Waals surface area contributed by atoms with Gasteiger partial charge in [0.2, 0.25) is 5.89 Å². The number of hydrogen-bond acceptors (Lipinski definition) is 6. The minimum absolute atomic E-state index is 0.238. The molecule has 6 nitrogen and oxygen atoms in total. The summed E-state index contributed by atoms with van der Waals surface area (Å²) in [5.41, 5.74) is 0. The molecule has 1 saturated heterocycles. The van der Waals surface area contributed by atoms with Crippen LogP contribution in [-0.4, -0.2) is 43.0 Å². The first-order chi connectivity index (χ1) is 9.24. The third kappa shape index (κ3) is 3.67. The smallest absolute Gasteiger partial charge is 0.318 e. The molecule has 1 fully saturated rings. The van der Waals surface area contributed by atoms with Crippen LogP contribution >= 0.6 is 0 Å². The number of hydrogen-bond donors (Lipinski definition) is 1. The van der Waals surface area contributed by atoms with E-state index in [1.165, 1.54) is 0 Å².